The number of hydrogen-bond acceptors (Lipinski definition) is 4. The summed E-state index contributed by atoms with van der Waals surface area (Å²) in [5.74, 6) is 1.47. The van der Waals surface area contributed by atoms with Crippen LogP contribution in [0.5, 0.6) is 0 Å². The molecule has 188 valence electrons. The van der Waals surface area contributed by atoms with Gasteiger partial charge < -0.3 is 9.61 Å². The summed E-state index contributed by atoms with van der Waals surface area (Å²) >= 11 is 1.70. The van der Waals surface area contributed by atoms with E-state index >= 15 is 0 Å². The first-order chi connectivity index (χ1) is 17.3. The van der Waals surface area contributed by atoms with Gasteiger partial charge in [-0.25, -0.2) is 4.98 Å². The standard InChI is InChI=1S/C30H35N2O2PS/c1-20(2)26-16-10-21(3)18-28(26)34-35(33,25-8-6-5-7-9-25)32-24-14-12-23(13-15-24)30-31-27-17-11-22(4)19-29(27)36-30/h5-9,11-15,17,19-21,26,28H,10,16,18H2,1-4H3,(H,32,33)/t21-,26-,28+,35-/m0/s1. The summed E-state index contributed by atoms with van der Waals surface area (Å²) in [5, 5.41) is 5.01. The maximum Gasteiger partial charge on any atom is 0.324 e. The van der Waals surface area contributed by atoms with Gasteiger partial charge in [0, 0.05) is 11.3 Å². The second-order valence-electron chi connectivity index (χ2n) is 10.5. The Morgan fingerprint density at radius 3 is 2.50 bits per heavy atom. The number of nitrogens with one attached hydrogen (secondary N) is 1. The second kappa shape index (κ2) is 10.5. The fourth-order valence-corrected chi connectivity index (χ4v) is 8.27. The third-order valence-electron chi connectivity index (χ3n) is 7.29. The SMILES string of the molecule is Cc1ccc2nc(-c3ccc(N[P@@](=O)(O[C@@H]4C[C@@H](C)CC[C@H]4C(C)C)c4ccccc4)cc3)sc2c1. The molecule has 1 aliphatic carbocycles. The van der Waals surface area contributed by atoms with Crippen molar-refractivity contribution in [3.8, 4) is 10.6 Å². The van der Waals surface area contributed by atoms with Gasteiger partial charge in [-0.3, -0.25) is 4.57 Å². The van der Waals surface area contributed by atoms with Gasteiger partial charge in [0.1, 0.15) is 5.01 Å². The highest BCUT2D eigenvalue weighted by Crippen LogP contribution is 2.51. The summed E-state index contributed by atoms with van der Waals surface area (Å²) in [6, 6.07) is 24.0. The van der Waals surface area contributed by atoms with Crippen LogP contribution < -0.4 is 10.4 Å². The number of benzene rings is 3. The number of thiazole rings is 1. The predicted octanol–water partition coefficient (Wildman–Crippen LogP) is 8.68. The Morgan fingerprint density at radius 1 is 1.03 bits per heavy atom. The molecule has 4 aromatic rings. The Kier molecular flexibility index (Phi) is 7.35. The summed E-state index contributed by atoms with van der Waals surface area (Å²) in [4.78, 5) is 4.80. The van der Waals surface area contributed by atoms with E-state index in [9.17, 15) is 4.57 Å². The summed E-state index contributed by atoms with van der Waals surface area (Å²) in [7, 11) is -3.34. The number of fused-ring (bicyclic) bond motifs is 1. The number of aromatic nitrogens is 1. The normalized spacial score (nSPS) is 22.0. The molecule has 4 nitrogen and oxygen atoms in total. The van der Waals surface area contributed by atoms with E-state index in [4.69, 9.17) is 9.51 Å². The monoisotopic (exact) mass is 518 g/mol. The molecule has 1 aromatic heterocycles. The van der Waals surface area contributed by atoms with Crippen molar-refractivity contribution in [3.63, 3.8) is 0 Å². The Labute approximate surface area is 218 Å². The van der Waals surface area contributed by atoms with Gasteiger partial charge in [0.2, 0.25) is 0 Å². The number of aryl methyl sites for hydroxylation is 1. The van der Waals surface area contributed by atoms with Gasteiger partial charge in [-0.05, 0) is 91.6 Å². The molecule has 5 rings (SSSR count). The van der Waals surface area contributed by atoms with E-state index in [1.54, 1.807) is 11.3 Å². The Balaban J connectivity index is 1.42. The van der Waals surface area contributed by atoms with Crippen molar-refractivity contribution in [3.05, 3.63) is 78.4 Å². The molecule has 0 amide bonds. The minimum Gasteiger partial charge on any atom is -0.312 e. The lowest BCUT2D eigenvalue weighted by molar-refractivity contribution is 0.0506. The predicted molar refractivity (Wildman–Crippen MR) is 153 cm³/mol. The molecule has 0 radical (unpaired) electrons. The van der Waals surface area contributed by atoms with Gasteiger partial charge in [-0.2, -0.15) is 0 Å². The van der Waals surface area contributed by atoms with Gasteiger partial charge in [0.05, 0.1) is 21.6 Å². The van der Waals surface area contributed by atoms with Gasteiger partial charge in [-0.15, -0.1) is 11.3 Å². The quantitative estimate of drug-likeness (QED) is 0.249. The van der Waals surface area contributed by atoms with Crippen LogP contribution in [0.4, 0.5) is 5.69 Å². The first kappa shape index (κ1) is 25.2. The van der Waals surface area contributed by atoms with Crippen LogP contribution in [-0.2, 0) is 9.09 Å². The van der Waals surface area contributed by atoms with Crippen LogP contribution in [0, 0.1) is 24.7 Å². The number of nitrogens with zero attached hydrogens (tertiary/aromatic N) is 1. The van der Waals surface area contributed by atoms with Crippen molar-refractivity contribution >= 4 is 40.1 Å². The fraction of sp³-hybridized carbons (Fsp3) is 0.367. The lowest BCUT2D eigenvalue weighted by atomic mass is 9.75. The minimum absolute atomic E-state index is 0.0298. The highest BCUT2D eigenvalue weighted by Gasteiger charge is 2.38. The van der Waals surface area contributed by atoms with Gasteiger partial charge in [-0.1, -0.05) is 51.5 Å². The molecule has 1 heterocycles. The van der Waals surface area contributed by atoms with Gasteiger partial charge in [0.15, 0.2) is 0 Å². The van der Waals surface area contributed by atoms with E-state index in [1.165, 1.54) is 16.7 Å². The first-order valence-corrected chi connectivity index (χ1v) is 15.3. The minimum atomic E-state index is -3.34. The Morgan fingerprint density at radius 2 is 1.78 bits per heavy atom. The summed E-state index contributed by atoms with van der Waals surface area (Å²) in [6.07, 6.45) is 3.24. The van der Waals surface area contributed by atoms with Crippen LogP contribution in [0.3, 0.4) is 0 Å². The molecule has 0 unspecified atom stereocenters. The zero-order chi connectivity index (χ0) is 25.3. The number of hydrogen-bond donors (Lipinski definition) is 1. The second-order valence-corrected chi connectivity index (χ2v) is 13.6. The van der Waals surface area contributed by atoms with Gasteiger partial charge in [0.25, 0.3) is 0 Å². The fourth-order valence-electron chi connectivity index (χ4n) is 5.22. The smallest absolute Gasteiger partial charge is 0.312 e. The third-order valence-corrected chi connectivity index (χ3v) is 10.5. The van der Waals surface area contributed by atoms with Crippen LogP contribution in [0.2, 0.25) is 0 Å². The molecule has 1 fully saturated rings. The topological polar surface area (TPSA) is 51.2 Å². The Hall–Kier alpha value is -2.46. The van der Waals surface area contributed by atoms with E-state index in [2.05, 4.69) is 51.0 Å². The maximum atomic E-state index is 14.5. The van der Waals surface area contributed by atoms with Crippen LogP contribution in [-0.4, -0.2) is 11.1 Å². The van der Waals surface area contributed by atoms with E-state index in [0.29, 0.717) is 23.1 Å². The molecule has 1 N–H and O–H groups in total. The molecule has 1 saturated carbocycles. The zero-order valence-corrected chi connectivity index (χ0v) is 23.2. The molecule has 3 aromatic carbocycles. The summed E-state index contributed by atoms with van der Waals surface area (Å²) in [5.41, 5.74) is 4.09. The summed E-state index contributed by atoms with van der Waals surface area (Å²) < 4.78 is 22.3. The maximum absolute atomic E-state index is 14.5. The number of anilines is 1. The highest BCUT2D eigenvalue weighted by atomic mass is 32.1. The molecule has 36 heavy (non-hydrogen) atoms. The van der Waals surface area contributed by atoms with Crippen LogP contribution in [0.25, 0.3) is 20.8 Å². The molecule has 4 atom stereocenters. The zero-order valence-electron chi connectivity index (χ0n) is 21.5. The van der Waals surface area contributed by atoms with Crippen molar-refractivity contribution in [2.24, 2.45) is 17.8 Å². The largest absolute Gasteiger partial charge is 0.324 e. The van der Waals surface area contributed by atoms with Crippen LogP contribution in [0.15, 0.2) is 72.8 Å². The molecular formula is C30H35N2O2PS. The highest BCUT2D eigenvalue weighted by molar-refractivity contribution is 7.68. The van der Waals surface area contributed by atoms with Crippen molar-refractivity contribution in [2.45, 2.75) is 53.1 Å². The van der Waals surface area contributed by atoms with Crippen LogP contribution in [0.1, 0.15) is 45.6 Å². The van der Waals surface area contributed by atoms with Crippen LogP contribution >= 0.6 is 18.9 Å². The average Bonchev–Trinajstić information content (AvgIpc) is 3.28. The number of rotatable bonds is 7. The van der Waals surface area contributed by atoms with Crippen molar-refractivity contribution in [2.75, 3.05) is 5.09 Å². The van der Waals surface area contributed by atoms with Crippen molar-refractivity contribution in [1.29, 1.82) is 0 Å². The lowest BCUT2D eigenvalue weighted by Gasteiger charge is -2.39. The van der Waals surface area contributed by atoms with E-state index in [-0.39, 0.29) is 6.10 Å². The van der Waals surface area contributed by atoms with Crippen molar-refractivity contribution < 1.29 is 9.09 Å². The van der Waals surface area contributed by atoms with E-state index in [0.717, 1.165) is 34.6 Å². The Bertz CT molecular complexity index is 1370. The molecule has 6 heteroatoms. The van der Waals surface area contributed by atoms with E-state index < -0.39 is 7.52 Å². The molecule has 0 aliphatic heterocycles. The van der Waals surface area contributed by atoms with Gasteiger partial charge >= 0.3 is 7.52 Å². The lowest BCUT2D eigenvalue weighted by Crippen LogP contribution is -2.35. The molecule has 0 saturated heterocycles. The average molecular weight is 519 g/mol. The molecule has 0 bridgehead atoms. The molecular weight excluding hydrogens is 483 g/mol. The summed E-state index contributed by atoms with van der Waals surface area (Å²) in [6.45, 7) is 8.87. The molecule has 1 aliphatic rings. The van der Waals surface area contributed by atoms with E-state index in [1.807, 2.05) is 54.6 Å². The first-order valence-electron chi connectivity index (χ1n) is 12.9. The van der Waals surface area contributed by atoms with Crippen molar-refractivity contribution in [1.82, 2.24) is 4.98 Å². The molecule has 0 spiro atoms. The third kappa shape index (κ3) is 5.44.